The van der Waals surface area contributed by atoms with Gasteiger partial charge in [0.1, 0.15) is 11.6 Å². The van der Waals surface area contributed by atoms with E-state index in [4.69, 9.17) is 10.5 Å². The summed E-state index contributed by atoms with van der Waals surface area (Å²) >= 11 is 0. The van der Waals surface area contributed by atoms with Gasteiger partial charge in [0.2, 0.25) is 0 Å². The zero-order valence-electron chi connectivity index (χ0n) is 9.95. The average molecular weight is 243 g/mol. The third kappa shape index (κ3) is 1.92. The molecule has 3 heteroatoms. The minimum absolute atomic E-state index is 0.285. The molecule has 2 nitrogen and oxygen atoms in total. The summed E-state index contributed by atoms with van der Waals surface area (Å²) in [5, 5.41) is 0. The fraction of sp³-hybridized carbons (Fsp3) is 0.200. The number of rotatable bonds is 1. The number of hydrogen-bond donors (Lipinski definition) is 1. The molecule has 0 fully saturated rings. The molecule has 3 rings (SSSR count). The number of aryl methyl sites for hydroxylation is 1. The Morgan fingerprint density at radius 3 is 2.83 bits per heavy atom. The molecule has 2 aromatic carbocycles. The highest BCUT2D eigenvalue weighted by molar-refractivity contribution is 5.68. The third-order valence-electron chi connectivity index (χ3n) is 3.21. The Labute approximate surface area is 105 Å². The molecule has 0 saturated heterocycles. The Morgan fingerprint density at radius 1 is 1.11 bits per heavy atom. The molecule has 2 aromatic rings. The Balaban J connectivity index is 2.06. The van der Waals surface area contributed by atoms with Crippen molar-refractivity contribution in [2.75, 3.05) is 12.3 Å². The van der Waals surface area contributed by atoms with Crippen LogP contribution in [0.1, 0.15) is 12.0 Å². The zero-order valence-corrected chi connectivity index (χ0v) is 9.95. The average Bonchev–Trinajstić information content (AvgIpc) is 2.38. The number of nitrogen functional groups attached to an aromatic ring is 1. The van der Waals surface area contributed by atoms with E-state index in [1.54, 1.807) is 12.1 Å². The smallest absolute Gasteiger partial charge is 0.133 e. The van der Waals surface area contributed by atoms with Gasteiger partial charge in [0.15, 0.2) is 0 Å². The quantitative estimate of drug-likeness (QED) is 0.779. The molecule has 18 heavy (non-hydrogen) atoms. The van der Waals surface area contributed by atoms with Crippen LogP contribution in [0, 0.1) is 5.82 Å². The lowest BCUT2D eigenvalue weighted by molar-refractivity contribution is 0.288. The summed E-state index contributed by atoms with van der Waals surface area (Å²) in [5.74, 6) is 0.632. The van der Waals surface area contributed by atoms with Gasteiger partial charge in [-0.15, -0.1) is 0 Å². The van der Waals surface area contributed by atoms with E-state index in [9.17, 15) is 4.39 Å². The lowest BCUT2D eigenvalue weighted by Crippen LogP contribution is -2.08. The monoisotopic (exact) mass is 243 g/mol. The van der Waals surface area contributed by atoms with Gasteiger partial charge in [-0.2, -0.15) is 0 Å². The van der Waals surface area contributed by atoms with Crippen LogP contribution in [0.3, 0.4) is 0 Å². The van der Waals surface area contributed by atoms with Gasteiger partial charge in [-0.1, -0.05) is 6.07 Å². The van der Waals surface area contributed by atoms with Crippen molar-refractivity contribution in [2.24, 2.45) is 0 Å². The maximum Gasteiger partial charge on any atom is 0.133 e. The van der Waals surface area contributed by atoms with E-state index in [-0.39, 0.29) is 5.82 Å². The van der Waals surface area contributed by atoms with E-state index in [1.807, 2.05) is 18.2 Å². The summed E-state index contributed by atoms with van der Waals surface area (Å²) < 4.78 is 19.4. The van der Waals surface area contributed by atoms with Gasteiger partial charge in [0.25, 0.3) is 0 Å². The molecule has 0 saturated carbocycles. The van der Waals surface area contributed by atoms with Crippen LogP contribution < -0.4 is 10.5 Å². The van der Waals surface area contributed by atoms with Gasteiger partial charge >= 0.3 is 0 Å². The fourth-order valence-corrected chi connectivity index (χ4v) is 2.29. The lowest BCUT2D eigenvalue weighted by atomic mass is 9.98. The molecular formula is C15H14FNO. The maximum absolute atomic E-state index is 13.9. The summed E-state index contributed by atoms with van der Waals surface area (Å²) in [7, 11) is 0. The first-order chi connectivity index (χ1) is 8.74. The second-order valence-electron chi connectivity index (χ2n) is 4.51. The first-order valence-electron chi connectivity index (χ1n) is 6.05. The molecule has 0 aliphatic carbocycles. The summed E-state index contributed by atoms with van der Waals surface area (Å²) in [4.78, 5) is 0. The highest BCUT2D eigenvalue weighted by Crippen LogP contribution is 2.31. The van der Waals surface area contributed by atoms with Crippen molar-refractivity contribution in [3.8, 4) is 16.9 Å². The Kier molecular flexibility index (Phi) is 2.67. The molecule has 0 unspecified atom stereocenters. The van der Waals surface area contributed by atoms with Crippen LogP contribution in [0.4, 0.5) is 10.1 Å². The van der Waals surface area contributed by atoms with Gasteiger partial charge < -0.3 is 10.5 Å². The fourth-order valence-electron chi connectivity index (χ4n) is 2.29. The van der Waals surface area contributed by atoms with E-state index in [0.717, 1.165) is 36.3 Å². The van der Waals surface area contributed by atoms with Crippen molar-refractivity contribution < 1.29 is 9.13 Å². The molecule has 0 radical (unpaired) electrons. The maximum atomic E-state index is 13.9. The third-order valence-corrected chi connectivity index (χ3v) is 3.21. The van der Waals surface area contributed by atoms with Gasteiger partial charge in [0.05, 0.1) is 6.61 Å². The van der Waals surface area contributed by atoms with Crippen LogP contribution in [-0.2, 0) is 6.42 Å². The van der Waals surface area contributed by atoms with Crippen LogP contribution >= 0.6 is 0 Å². The second kappa shape index (κ2) is 4.33. The summed E-state index contributed by atoms with van der Waals surface area (Å²) in [6, 6.07) is 10.6. The van der Waals surface area contributed by atoms with Gasteiger partial charge in [-0.25, -0.2) is 4.39 Å². The summed E-state index contributed by atoms with van der Waals surface area (Å²) in [6.45, 7) is 0.766. The number of fused-ring (bicyclic) bond motifs is 1. The van der Waals surface area contributed by atoms with E-state index < -0.39 is 0 Å². The zero-order chi connectivity index (χ0) is 12.5. The number of halogens is 1. The van der Waals surface area contributed by atoms with Gasteiger partial charge in [-0.05, 0) is 54.3 Å². The van der Waals surface area contributed by atoms with Crippen LogP contribution in [0.15, 0.2) is 36.4 Å². The van der Waals surface area contributed by atoms with Crippen molar-refractivity contribution >= 4 is 5.69 Å². The van der Waals surface area contributed by atoms with Gasteiger partial charge in [0, 0.05) is 11.3 Å². The number of ether oxygens (including phenoxy) is 1. The molecule has 0 atom stereocenters. The molecule has 0 bridgehead atoms. The number of anilines is 1. The van der Waals surface area contributed by atoms with E-state index >= 15 is 0 Å². The van der Waals surface area contributed by atoms with Crippen molar-refractivity contribution in [3.05, 3.63) is 47.8 Å². The first-order valence-corrected chi connectivity index (χ1v) is 6.05. The van der Waals surface area contributed by atoms with Crippen molar-refractivity contribution in [2.45, 2.75) is 12.8 Å². The van der Waals surface area contributed by atoms with E-state index in [1.165, 1.54) is 6.07 Å². The number of nitrogens with two attached hydrogens (primary N) is 1. The predicted molar refractivity (Wildman–Crippen MR) is 70.1 cm³/mol. The SMILES string of the molecule is Nc1ccc(-c2ccc3c(c2)CCCO3)c(F)c1. The minimum Gasteiger partial charge on any atom is -0.493 e. The Hall–Kier alpha value is -2.03. The molecule has 92 valence electrons. The van der Waals surface area contributed by atoms with Crippen molar-refractivity contribution in [1.82, 2.24) is 0 Å². The second-order valence-corrected chi connectivity index (χ2v) is 4.51. The largest absolute Gasteiger partial charge is 0.493 e. The highest BCUT2D eigenvalue weighted by atomic mass is 19.1. The van der Waals surface area contributed by atoms with E-state index in [2.05, 4.69) is 0 Å². The van der Waals surface area contributed by atoms with Crippen LogP contribution in [0.2, 0.25) is 0 Å². The van der Waals surface area contributed by atoms with Crippen molar-refractivity contribution in [3.63, 3.8) is 0 Å². The molecule has 0 spiro atoms. The lowest BCUT2D eigenvalue weighted by Gasteiger charge is -2.18. The molecule has 1 aliphatic heterocycles. The normalized spacial score (nSPS) is 13.8. The van der Waals surface area contributed by atoms with Crippen LogP contribution in [0.25, 0.3) is 11.1 Å². The molecule has 1 aliphatic rings. The minimum atomic E-state index is -0.285. The molecule has 1 heterocycles. The Morgan fingerprint density at radius 2 is 2.00 bits per heavy atom. The van der Waals surface area contributed by atoms with Crippen LogP contribution in [-0.4, -0.2) is 6.61 Å². The standard InChI is InChI=1S/C15H14FNO/c16-14-9-12(17)4-5-13(14)10-3-6-15-11(8-10)2-1-7-18-15/h3-6,8-9H,1-2,7,17H2. The molecular weight excluding hydrogens is 229 g/mol. The van der Waals surface area contributed by atoms with Crippen molar-refractivity contribution in [1.29, 1.82) is 0 Å². The van der Waals surface area contributed by atoms with Gasteiger partial charge in [-0.3, -0.25) is 0 Å². The number of hydrogen-bond acceptors (Lipinski definition) is 2. The molecule has 0 aromatic heterocycles. The Bertz CT molecular complexity index is 595. The topological polar surface area (TPSA) is 35.2 Å². The first kappa shape index (κ1) is 11.1. The molecule has 0 amide bonds. The number of benzene rings is 2. The summed E-state index contributed by atoms with van der Waals surface area (Å²) in [5.41, 5.74) is 8.60. The highest BCUT2D eigenvalue weighted by Gasteiger charge is 2.12. The summed E-state index contributed by atoms with van der Waals surface area (Å²) in [6.07, 6.45) is 2.00. The van der Waals surface area contributed by atoms with E-state index in [0.29, 0.717) is 11.3 Å². The predicted octanol–water partition coefficient (Wildman–Crippen LogP) is 3.40. The molecule has 2 N–H and O–H groups in total. The van der Waals surface area contributed by atoms with Crippen LogP contribution in [0.5, 0.6) is 5.75 Å².